The molecule has 0 bridgehead atoms. The van der Waals surface area contributed by atoms with Gasteiger partial charge in [-0.25, -0.2) is 14.3 Å². The summed E-state index contributed by atoms with van der Waals surface area (Å²) in [6, 6.07) is 11.1. The molecule has 1 atom stereocenters. The second-order valence-corrected chi connectivity index (χ2v) is 11.9. The minimum absolute atomic E-state index is 0.000973. The number of H-pyrrole nitrogens is 1. The number of carboxylic acids is 1. The van der Waals surface area contributed by atoms with Gasteiger partial charge in [-0.1, -0.05) is 24.3 Å². The Hall–Kier alpha value is -6.05. The fourth-order valence-electron chi connectivity index (χ4n) is 6.67. The first-order valence-corrected chi connectivity index (χ1v) is 15.0. The first-order valence-electron chi connectivity index (χ1n) is 15.0. The normalized spacial score (nSPS) is 15.4. The minimum atomic E-state index is -1.01. The number of carbonyl (C=O) groups excluding carboxylic acids is 2. The molecule has 2 aromatic heterocycles. The maximum Gasteiger partial charge on any atom is 0.335 e. The zero-order chi connectivity index (χ0) is 33.1. The summed E-state index contributed by atoms with van der Waals surface area (Å²) in [5, 5.41) is 17.8. The molecular formula is C33H29N7O7. The zero-order valence-electron chi connectivity index (χ0n) is 25.2. The fraction of sp³-hybridized carbons (Fsp3) is 0.242. The predicted molar refractivity (Wildman–Crippen MR) is 171 cm³/mol. The van der Waals surface area contributed by atoms with Gasteiger partial charge in [0.2, 0.25) is 0 Å². The molecule has 0 saturated carbocycles. The maximum atomic E-state index is 13.6. The van der Waals surface area contributed by atoms with E-state index in [-0.39, 0.29) is 40.5 Å². The van der Waals surface area contributed by atoms with Gasteiger partial charge in [0.15, 0.2) is 5.65 Å². The van der Waals surface area contributed by atoms with E-state index >= 15 is 0 Å². The number of nitrogens with zero attached hydrogens (tertiary/aromatic N) is 3. The van der Waals surface area contributed by atoms with E-state index in [1.54, 1.807) is 17.9 Å². The number of amides is 2. The van der Waals surface area contributed by atoms with Crippen LogP contribution in [-0.2, 0) is 25.9 Å². The van der Waals surface area contributed by atoms with Crippen LogP contribution in [0.25, 0.3) is 5.65 Å². The van der Waals surface area contributed by atoms with E-state index in [2.05, 4.69) is 20.7 Å². The van der Waals surface area contributed by atoms with E-state index in [9.17, 15) is 33.9 Å². The highest BCUT2D eigenvalue weighted by Crippen LogP contribution is 2.35. The molecule has 0 fully saturated rings. The van der Waals surface area contributed by atoms with E-state index in [1.165, 1.54) is 22.7 Å². The number of carboxylic acid groups (broad SMARTS) is 1. The molecule has 0 radical (unpaired) electrons. The highest BCUT2D eigenvalue weighted by Gasteiger charge is 2.30. The number of aromatic nitrogens is 3. The lowest BCUT2D eigenvalue weighted by molar-refractivity contribution is 0.0695. The average Bonchev–Trinajstić information content (AvgIpc) is 3.65. The van der Waals surface area contributed by atoms with Crippen LogP contribution in [0.4, 0.5) is 11.4 Å². The van der Waals surface area contributed by atoms with Gasteiger partial charge in [0.25, 0.3) is 28.2 Å². The van der Waals surface area contributed by atoms with Crippen molar-refractivity contribution < 1.29 is 19.5 Å². The van der Waals surface area contributed by atoms with Crippen LogP contribution in [0.5, 0.6) is 0 Å². The zero-order valence-corrected chi connectivity index (χ0v) is 25.2. The summed E-state index contributed by atoms with van der Waals surface area (Å²) < 4.78 is 1.22. The van der Waals surface area contributed by atoms with Crippen molar-refractivity contribution in [2.45, 2.75) is 45.3 Å². The number of aromatic carboxylic acids is 1. The van der Waals surface area contributed by atoms with Crippen LogP contribution < -0.4 is 37.7 Å². The molecule has 0 saturated heterocycles. The van der Waals surface area contributed by atoms with Crippen LogP contribution in [0, 0.1) is 6.92 Å². The van der Waals surface area contributed by atoms with E-state index < -0.39 is 40.2 Å². The van der Waals surface area contributed by atoms with Crippen LogP contribution in [0.2, 0.25) is 0 Å². The van der Waals surface area contributed by atoms with Gasteiger partial charge in [0, 0.05) is 31.8 Å². The van der Waals surface area contributed by atoms with E-state index in [0.29, 0.717) is 37.9 Å². The molecule has 7 rings (SSSR count). The Balaban J connectivity index is 1.09. The molecule has 14 heteroatoms. The summed E-state index contributed by atoms with van der Waals surface area (Å²) in [5.41, 5.74) is 9.72. The van der Waals surface area contributed by atoms with Gasteiger partial charge < -0.3 is 26.4 Å². The molecule has 6 N–H and O–H groups in total. The molecule has 3 aromatic carbocycles. The molecule has 5 aromatic rings. The lowest BCUT2D eigenvalue weighted by atomic mass is 9.96. The van der Waals surface area contributed by atoms with Crippen molar-refractivity contribution in [3.05, 3.63) is 124 Å². The van der Waals surface area contributed by atoms with Crippen LogP contribution in [0.1, 0.15) is 77.2 Å². The van der Waals surface area contributed by atoms with Gasteiger partial charge in [-0.2, -0.15) is 0 Å². The largest absolute Gasteiger partial charge is 0.478 e. The molecule has 3 heterocycles. The number of carbonyl (C=O) groups is 3. The summed E-state index contributed by atoms with van der Waals surface area (Å²) in [4.78, 5) is 80.4. The summed E-state index contributed by atoms with van der Waals surface area (Å²) in [6.45, 7) is 2.85. The molecule has 1 aliphatic heterocycles. The number of nitrogens with two attached hydrogens (primary N) is 1. The second-order valence-electron chi connectivity index (χ2n) is 11.9. The average molecular weight is 636 g/mol. The maximum absolute atomic E-state index is 13.6. The highest BCUT2D eigenvalue weighted by atomic mass is 16.4. The van der Waals surface area contributed by atoms with Crippen LogP contribution in [-0.4, -0.2) is 44.0 Å². The number of fused-ring (bicyclic) bond motifs is 3. The minimum Gasteiger partial charge on any atom is -0.478 e. The highest BCUT2D eigenvalue weighted by molar-refractivity contribution is 5.98. The SMILES string of the molecule is Cc1c(C(=O)O)ccc2c1CC[C@@H]2NC(=O)c1cc(C(=O)NCc2ccc3c(c2)CN(c2c(N)c(=O)c2=O)CC3)nc2cc(=O)[nH]n12. The first kappa shape index (κ1) is 29.6. The number of aromatic amines is 1. The van der Waals surface area contributed by atoms with Crippen molar-refractivity contribution in [2.75, 3.05) is 17.2 Å². The Morgan fingerprint density at radius 1 is 1.02 bits per heavy atom. The number of hydrogen-bond acceptors (Lipinski definition) is 9. The Labute approximate surface area is 265 Å². The molecule has 238 valence electrons. The molecule has 47 heavy (non-hydrogen) atoms. The lowest BCUT2D eigenvalue weighted by Gasteiger charge is -2.32. The third-order valence-electron chi connectivity index (χ3n) is 9.13. The van der Waals surface area contributed by atoms with E-state index in [0.717, 1.165) is 27.8 Å². The van der Waals surface area contributed by atoms with Crippen molar-refractivity contribution in [2.24, 2.45) is 0 Å². The van der Waals surface area contributed by atoms with Crippen molar-refractivity contribution in [3.63, 3.8) is 0 Å². The molecule has 14 nitrogen and oxygen atoms in total. The summed E-state index contributed by atoms with van der Waals surface area (Å²) in [7, 11) is 0. The Morgan fingerprint density at radius 3 is 2.60 bits per heavy atom. The van der Waals surface area contributed by atoms with Gasteiger partial charge in [0.1, 0.15) is 22.8 Å². The van der Waals surface area contributed by atoms with Crippen molar-refractivity contribution in [1.82, 2.24) is 25.2 Å². The number of nitrogen functional groups attached to an aromatic ring is 1. The van der Waals surface area contributed by atoms with Crippen LogP contribution >= 0.6 is 0 Å². The number of hydrogen-bond donors (Lipinski definition) is 5. The monoisotopic (exact) mass is 635 g/mol. The standard InChI is InChI=1S/C33H29N7O7/c1-15-19-6-7-22(21(19)5-4-20(15)33(46)47)37-32(45)24-11-23(36-25-12-26(41)38-40(24)25)31(44)35-13-16-2-3-17-8-9-39(14-18(17)10-16)28-27(34)29(42)30(28)43/h2-5,10-12,22H,6-9,13-14,34H2,1H3,(H,35,44)(H,37,45)(H,38,41)(H,46,47)/t22-/m0/s1. The first-order chi connectivity index (χ1) is 22.5. The Morgan fingerprint density at radius 2 is 1.83 bits per heavy atom. The number of nitrogens with one attached hydrogen (secondary N) is 3. The quantitative estimate of drug-likeness (QED) is 0.161. The fourth-order valence-corrected chi connectivity index (χ4v) is 6.67. The summed E-state index contributed by atoms with van der Waals surface area (Å²) in [6.07, 6.45) is 1.82. The number of anilines is 2. The van der Waals surface area contributed by atoms with Crippen molar-refractivity contribution >= 4 is 34.8 Å². The Kier molecular flexibility index (Phi) is 6.99. The lowest BCUT2D eigenvalue weighted by Crippen LogP contribution is -2.44. The molecular weight excluding hydrogens is 606 g/mol. The van der Waals surface area contributed by atoms with Gasteiger partial charge in [-0.05, 0) is 65.6 Å². The molecule has 0 unspecified atom stereocenters. The van der Waals surface area contributed by atoms with Gasteiger partial charge in [-0.3, -0.25) is 29.1 Å². The molecule has 2 aliphatic rings. The van der Waals surface area contributed by atoms with Crippen LogP contribution in [0.15, 0.2) is 56.8 Å². The summed E-state index contributed by atoms with van der Waals surface area (Å²) in [5.74, 6) is -2.12. The topological polar surface area (TPSA) is 209 Å². The van der Waals surface area contributed by atoms with Crippen molar-refractivity contribution in [3.8, 4) is 0 Å². The van der Waals surface area contributed by atoms with E-state index in [1.807, 2.05) is 18.2 Å². The second kappa shape index (κ2) is 11.1. The van der Waals surface area contributed by atoms with Gasteiger partial charge in [0.05, 0.1) is 11.6 Å². The molecule has 1 aliphatic carbocycles. The summed E-state index contributed by atoms with van der Waals surface area (Å²) >= 11 is 0. The predicted octanol–water partition coefficient (Wildman–Crippen LogP) is 1.12. The van der Waals surface area contributed by atoms with E-state index in [4.69, 9.17) is 5.73 Å². The Bertz CT molecular complexity index is 2290. The third kappa shape index (κ3) is 5.03. The number of benzene rings is 2. The van der Waals surface area contributed by atoms with Gasteiger partial charge in [-0.15, -0.1) is 0 Å². The molecule has 2 amide bonds. The number of rotatable bonds is 7. The smallest absolute Gasteiger partial charge is 0.335 e. The van der Waals surface area contributed by atoms with Gasteiger partial charge >= 0.3 is 5.97 Å². The van der Waals surface area contributed by atoms with Crippen molar-refractivity contribution in [1.29, 1.82) is 0 Å². The third-order valence-corrected chi connectivity index (χ3v) is 9.13. The molecule has 0 spiro atoms. The van der Waals surface area contributed by atoms with Crippen LogP contribution in [0.3, 0.4) is 0 Å².